The molecule has 0 aliphatic rings. The highest BCUT2D eigenvalue weighted by Crippen LogP contribution is 2.27. The van der Waals surface area contributed by atoms with Crippen LogP contribution in [0.5, 0.6) is 0 Å². The normalized spacial score (nSPS) is 11.2. The molecule has 1 heterocycles. The summed E-state index contributed by atoms with van der Waals surface area (Å²) < 4.78 is 24.5. The van der Waals surface area contributed by atoms with Gasteiger partial charge in [0.1, 0.15) is 4.21 Å². The van der Waals surface area contributed by atoms with E-state index in [4.69, 9.17) is 5.73 Å². The number of thiazole rings is 1. The third kappa shape index (κ3) is 2.91. The summed E-state index contributed by atoms with van der Waals surface area (Å²) in [5.41, 5.74) is 5.97. The number of benzene rings is 1. The molecule has 1 aromatic carbocycles. The van der Waals surface area contributed by atoms with E-state index in [-0.39, 0.29) is 20.1 Å². The summed E-state index contributed by atoms with van der Waals surface area (Å²) >= 11 is 0.913. The average Bonchev–Trinajstić information content (AvgIpc) is 2.76. The topological polar surface area (TPSA) is 102 Å². The number of sulfone groups is 1. The van der Waals surface area contributed by atoms with Crippen LogP contribution in [0.2, 0.25) is 0 Å². The lowest BCUT2D eigenvalue weighted by molar-refractivity contribution is -0.114. The second-order valence-electron chi connectivity index (χ2n) is 3.73. The minimum absolute atomic E-state index is 0.0947. The van der Waals surface area contributed by atoms with E-state index in [1.165, 1.54) is 37.4 Å². The van der Waals surface area contributed by atoms with Crippen molar-refractivity contribution in [3.05, 3.63) is 30.5 Å². The fourth-order valence-electron chi connectivity index (χ4n) is 1.43. The van der Waals surface area contributed by atoms with Crippen LogP contribution in [-0.2, 0) is 14.6 Å². The highest BCUT2D eigenvalue weighted by molar-refractivity contribution is 7.93. The summed E-state index contributed by atoms with van der Waals surface area (Å²) in [7, 11) is -3.60. The second kappa shape index (κ2) is 4.98. The molecule has 8 heteroatoms. The van der Waals surface area contributed by atoms with Gasteiger partial charge in [-0.25, -0.2) is 13.4 Å². The highest BCUT2D eigenvalue weighted by atomic mass is 32.2. The Bertz CT molecular complexity index is 705. The van der Waals surface area contributed by atoms with Crippen molar-refractivity contribution in [2.45, 2.75) is 16.0 Å². The number of hydrogen-bond donors (Lipinski definition) is 2. The molecule has 2 rings (SSSR count). The lowest BCUT2D eigenvalue weighted by Gasteiger charge is -2.04. The number of nitrogens with one attached hydrogen (secondary N) is 1. The molecule has 0 bridgehead atoms. The Kier molecular flexibility index (Phi) is 3.54. The molecule has 19 heavy (non-hydrogen) atoms. The van der Waals surface area contributed by atoms with Gasteiger partial charge in [-0.2, -0.15) is 0 Å². The minimum atomic E-state index is -3.60. The van der Waals surface area contributed by atoms with E-state index in [9.17, 15) is 13.2 Å². The molecule has 0 atom stereocenters. The van der Waals surface area contributed by atoms with E-state index in [0.29, 0.717) is 5.69 Å². The Labute approximate surface area is 114 Å². The number of rotatable bonds is 3. The Morgan fingerprint density at radius 3 is 2.42 bits per heavy atom. The van der Waals surface area contributed by atoms with Gasteiger partial charge in [0.2, 0.25) is 15.7 Å². The first-order valence-electron chi connectivity index (χ1n) is 5.23. The van der Waals surface area contributed by atoms with Gasteiger partial charge in [-0.1, -0.05) is 11.3 Å². The Balaban J connectivity index is 2.34. The Morgan fingerprint density at radius 1 is 1.32 bits per heavy atom. The van der Waals surface area contributed by atoms with Crippen LogP contribution in [0.4, 0.5) is 10.8 Å². The van der Waals surface area contributed by atoms with Gasteiger partial charge in [0.15, 0.2) is 5.13 Å². The van der Waals surface area contributed by atoms with Gasteiger partial charge in [-0.15, -0.1) is 0 Å². The van der Waals surface area contributed by atoms with Crippen LogP contribution in [0.3, 0.4) is 0 Å². The summed E-state index contributed by atoms with van der Waals surface area (Å²) in [4.78, 5) is 14.7. The van der Waals surface area contributed by atoms with Crippen LogP contribution >= 0.6 is 11.3 Å². The molecule has 100 valence electrons. The van der Waals surface area contributed by atoms with Crippen LogP contribution in [0.15, 0.2) is 39.6 Å². The van der Waals surface area contributed by atoms with Crippen LogP contribution in [0.1, 0.15) is 6.92 Å². The molecule has 0 aliphatic heterocycles. The van der Waals surface area contributed by atoms with E-state index in [1.807, 2.05) is 0 Å². The zero-order valence-corrected chi connectivity index (χ0v) is 11.6. The third-order valence-corrected chi connectivity index (χ3v) is 5.31. The number of aromatic nitrogens is 1. The summed E-state index contributed by atoms with van der Waals surface area (Å²) in [6.45, 7) is 1.38. The van der Waals surface area contributed by atoms with Crippen LogP contribution in [-0.4, -0.2) is 19.3 Å². The quantitative estimate of drug-likeness (QED) is 0.894. The summed E-state index contributed by atoms with van der Waals surface area (Å²) in [5.74, 6) is -0.217. The molecule has 0 spiro atoms. The van der Waals surface area contributed by atoms with Crippen molar-refractivity contribution in [3.63, 3.8) is 0 Å². The molecular weight excluding hydrogens is 286 g/mol. The van der Waals surface area contributed by atoms with Gasteiger partial charge < -0.3 is 11.1 Å². The number of carbonyl (C=O) groups excluding carboxylic acids is 1. The lowest BCUT2D eigenvalue weighted by Crippen LogP contribution is -2.06. The minimum Gasteiger partial charge on any atom is -0.375 e. The van der Waals surface area contributed by atoms with Crippen LogP contribution < -0.4 is 11.1 Å². The van der Waals surface area contributed by atoms with E-state index < -0.39 is 9.84 Å². The van der Waals surface area contributed by atoms with Gasteiger partial charge >= 0.3 is 0 Å². The van der Waals surface area contributed by atoms with E-state index in [1.54, 1.807) is 0 Å². The summed E-state index contributed by atoms with van der Waals surface area (Å²) in [5, 5.41) is 2.77. The average molecular weight is 297 g/mol. The third-order valence-electron chi connectivity index (χ3n) is 2.25. The second-order valence-corrected chi connectivity index (χ2v) is 6.97. The summed E-state index contributed by atoms with van der Waals surface area (Å²) in [6.07, 6.45) is 1.23. The Morgan fingerprint density at radius 2 is 1.95 bits per heavy atom. The maximum Gasteiger partial charge on any atom is 0.221 e. The first kappa shape index (κ1) is 13.5. The molecule has 1 aromatic heterocycles. The zero-order chi connectivity index (χ0) is 14.0. The van der Waals surface area contributed by atoms with Crippen molar-refractivity contribution in [2.24, 2.45) is 0 Å². The summed E-state index contributed by atoms with van der Waals surface area (Å²) in [6, 6.07) is 5.91. The molecule has 2 aromatic rings. The number of amides is 1. The van der Waals surface area contributed by atoms with Crippen molar-refractivity contribution >= 4 is 37.9 Å². The number of nitrogen functional groups attached to an aromatic ring is 1. The Hall–Kier alpha value is -1.93. The van der Waals surface area contributed by atoms with Gasteiger partial charge in [-0.3, -0.25) is 4.79 Å². The molecule has 0 fully saturated rings. The number of carbonyl (C=O) groups is 1. The maximum absolute atomic E-state index is 12.2. The number of anilines is 2. The first-order valence-corrected chi connectivity index (χ1v) is 7.53. The fraction of sp³-hybridized carbons (Fsp3) is 0.0909. The predicted octanol–water partition coefficient (Wildman–Crippen LogP) is 1.52. The van der Waals surface area contributed by atoms with Gasteiger partial charge in [0.05, 0.1) is 11.1 Å². The van der Waals surface area contributed by atoms with Crippen LogP contribution in [0, 0.1) is 0 Å². The molecule has 0 saturated heterocycles. The number of hydrogen-bond acceptors (Lipinski definition) is 6. The molecule has 0 unspecified atom stereocenters. The number of nitrogens with two attached hydrogens (primary N) is 1. The molecule has 1 amide bonds. The standard InChI is InChI=1S/C11H11N3O3S2/c1-7(15)14-8-2-4-9(5-3-8)19(16,17)10-6-13-11(12)18-10/h2-6H,1H3,(H2,12,13)(H,14,15). The van der Waals surface area contributed by atoms with E-state index >= 15 is 0 Å². The molecule has 0 saturated carbocycles. The van der Waals surface area contributed by atoms with Crippen molar-refractivity contribution in [3.8, 4) is 0 Å². The van der Waals surface area contributed by atoms with E-state index in [2.05, 4.69) is 10.3 Å². The van der Waals surface area contributed by atoms with Gasteiger partial charge in [0.25, 0.3) is 0 Å². The molecule has 0 aliphatic carbocycles. The first-order chi connectivity index (χ1) is 8.89. The largest absolute Gasteiger partial charge is 0.375 e. The smallest absolute Gasteiger partial charge is 0.221 e. The molecule has 0 radical (unpaired) electrons. The van der Waals surface area contributed by atoms with Crippen LogP contribution in [0.25, 0.3) is 0 Å². The highest BCUT2D eigenvalue weighted by Gasteiger charge is 2.20. The van der Waals surface area contributed by atoms with Crippen molar-refractivity contribution in [1.29, 1.82) is 0 Å². The number of nitrogens with zero attached hydrogens (tertiary/aromatic N) is 1. The van der Waals surface area contributed by atoms with Crippen molar-refractivity contribution in [2.75, 3.05) is 11.1 Å². The van der Waals surface area contributed by atoms with E-state index in [0.717, 1.165) is 11.3 Å². The lowest BCUT2D eigenvalue weighted by atomic mass is 10.3. The van der Waals surface area contributed by atoms with Crippen molar-refractivity contribution < 1.29 is 13.2 Å². The van der Waals surface area contributed by atoms with Gasteiger partial charge in [0, 0.05) is 12.6 Å². The monoisotopic (exact) mass is 297 g/mol. The van der Waals surface area contributed by atoms with Gasteiger partial charge in [-0.05, 0) is 24.3 Å². The maximum atomic E-state index is 12.2. The zero-order valence-electron chi connectivity index (χ0n) is 9.95. The van der Waals surface area contributed by atoms with Crippen molar-refractivity contribution in [1.82, 2.24) is 4.98 Å². The molecular formula is C11H11N3O3S2. The SMILES string of the molecule is CC(=O)Nc1ccc(S(=O)(=O)c2cnc(N)s2)cc1. The predicted molar refractivity (Wildman–Crippen MR) is 72.7 cm³/mol. The molecule has 3 N–H and O–H groups in total. The molecule has 6 nitrogen and oxygen atoms in total. The fourth-order valence-corrected chi connectivity index (χ4v) is 3.75.